The highest BCUT2D eigenvalue weighted by Gasteiger charge is 2.08. The van der Waals surface area contributed by atoms with E-state index in [0.29, 0.717) is 37.0 Å². The van der Waals surface area contributed by atoms with E-state index in [-0.39, 0.29) is 12.3 Å². The zero-order valence-electron chi connectivity index (χ0n) is 15.4. The summed E-state index contributed by atoms with van der Waals surface area (Å²) < 4.78 is 21.9. The van der Waals surface area contributed by atoms with E-state index in [9.17, 15) is 4.79 Å². The summed E-state index contributed by atoms with van der Waals surface area (Å²) in [5.41, 5.74) is 0.839. The van der Waals surface area contributed by atoms with Crippen LogP contribution in [-0.4, -0.2) is 33.3 Å². The monoisotopic (exact) mass is 370 g/mol. The van der Waals surface area contributed by atoms with Crippen molar-refractivity contribution < 1.29 is 23.7 Å². The Morgan fingerprint density at radius 3 is 2.52 bits per heavy atom. The van der Waals surface area contributed by atoms with Crippen LogP contribution in [0, 0.1) is 11.3 Å². The second kappa shape index (κ2) is 10.6. The number of carbonyl (C=O) groups excluding carboxylic acids is 1. The van der Waals surface area contributed by atoms with Gasteiger partial charge < -0.3 is 24.3 Å². The molecule has 7 nitrogen and oxygen atoms in total. The maximum Gasteiger partial charge on any atom is 0.234 e. The predicted molar refractivity (Wildman–Crippen MR) is 99.1 cm³/mol. The van der Waals surface area contributed by atoms with Crippen LogP contribution in [0.1, 0.15) is 12.0 Å². The molecule has 0 aliphatic rings. The number of nitrogens with one attached hydrogen (secondary N) is 1. The third-order valence-electron chi connectivity index (χ3n) is 3.61. The molecule has 2 rings (SSSR count). The molecule has 0 saturated carbocycles. The Morgan fingerprint density at radius 2 is 1.78 bits per heavy atom. The van der Waals surface area contributed by atoms with Crippen molar-refractivity contribution >= 4 is 5.91 Å². The fourth-order valence-corrected chi connectivity index (χ4v) is 2.28. The highest BCUT2D eigenvalue weighted by atomic mass is 16.5. The lowest BCUT2D eigenvalue weighted by Crippen LogP contribution is -2.21. The van der Waals surface area contributed by atoms with Gasteiger partial charge in [-0.05, 0) is 29.8 Å². The fourth-order valence-electron chi connectivity index (χ4n) is 2.28. The molecule has 0 radical (unpaired) electrons. The zero-order valence-corrected chi connectivity index (χ0v) is 15.4. The minimum atomic E-state index is -0.317. The van der Waals surface area contributed by atoms with Gasteiger partial charge in [-0.25, -0.2) is 0 Å². The first-order valence-corrected chi connectivity index (χ1v) is 8.36. The number of rotatable bonds is 10. The third kappa shape index (κ3) is 6.44. The molecule has 0 spiro atoms. The van der Waals surface area contributed by atoms with Crippen molar-refractivity contribution in [2.75, 3.05) is 27.4 Å². The van der Waals surface area contributed by atoms with Gasteiger partial charge >= 0.3 is 0 Å². The Morgan fingerprint density at radius 1 is 1.00 bits per heavy atom. The van der Waals surface area contributed by atoms with Crippen molar-refractivity contribution in [3.63, 3.8) is 0 Å². The Hall–Kier alpha value is -3.40. The van der Waals surface area contributed by atoms with Gasteiger partial charge in [-0.2, -0.15) is 5.26 Å². The number of hydrogen-bond donors (Lipinski definition) is 1. The van der Waals surface area contributed by atoms with Gasteiger partial charge in [0.25, 0.3) is 0 Å². The van der Waals surface area contributed by atoms with Gasteiger partial charge in [0.15, 0.2) is 11.5 Å². The van der Waals surface area contributed by atoms with Crippen LogP contribution in [0.15, 0.2) is 42.5 Å². The van der Waals surface area contributed by atoms with Gasteiger partial charge in [-0.1, -0.05) is 12.1 Å². The van der Waals surface area contributed by atoms with E-state index >= 15 is 0 Å². The molecule has 7 heteroatoms. The number of methoxy groups -OCH3 is 2. The van der Waals surface area contributed by atoms with Crippen molar-refractivity contribution in [1.29, 1.82) is 5.26 Å². The van der Waals surface area contributed by atoms with Gasteiger partial charge in [-0.15, -0.1) is 0 Å². The number of amides is 1. The van der Waals surface area contributed by atoms with Gasteiger partial charge in [0.1, 0.15) is 31.1 Å². The summed E-state index contributed by atoms with van der Waals surface area (Å²) in [6, 6.07) is 14.5. The van der Waals surface area contributed by atoms with Crippen molar-refractivity contribution in [2.24, 2.45) is 0 Å². The molecule has 1 N–H and O–H groups in total. The van der Waals surface area contributed by atoms with Crippen LogP contribution < -0.4 is 24.3 Å². The zero-order chi connectivity index (χ0) is 19.5. The van der Waals surface area contributed by atoms with Crippen LogP contribution in [0.2, 0.25) is 0 Å². The molecule has 142 valence electrons. The van der Waals surface area contributed by atoms with E-state index in [2.05, 4.69) is 5.32 Å². The molecule has 2 aromatic rings. The van der Waals surface area contributed by atoms with E-state index in [1.54, 1.807) is 32.4 Å². The Balaban J connectivity index is 1.89. The third-order valence-corrected chi connectivity index (χ3v) is 3.61. The molecule has 0 saturated heterocycles. The SMILES string of the molecule is COc1cccc(OCCOc2cc(CNC(=O)CC#N)ccc2OC)c1. The summed E-state index contributed by atoms with van der Waals surface area (Å²) in [6.45, 7) is 0.971. The number of ether oxygens (including phenoxy) is 4. The number of carbonyl (C=O) groups is 1. The van der Waals surface area contributed by atoms with Crippen molar-refractivity contribution in [2.45, 2.75) is 13.0 Å². The maximum atomic E-state index is 11.4. The van der Waals surface area contributed by atoms with Gasteiger partial charge in [0.05, 0.1) is 20.3 Å². The maximum absolute atomic E-state index is 11.4. The van der Waals surface area contributed by atoms with Gasteiger partial charge in [-0.3, -0.25) is 4.79 Å². The molecule has 0 aliphatic carbocycles. The van der Waals surface area contributed by atoms with E-state index in [0.717, 1.165) is 11.3 Å². The van der Waals surface area contributed by atoms with E-state index < -0.39 is 0 Å². The summed E-state index contributed by atoms with van der Waals surface area (Å²) in [5.74, 6) is 2.24. The predicted octanol–water partition coefficient (Wildman–Crippen LogP) is 2.69. The molecule has 0 unspecified atom stereocenters. The Bertz CT molecular complexity index is 801. The van der Waals surface area contributed by atoms with Crippen LogP contribution in [-0.2, 0) is 11.3 Å². The van der Waals surface area contributed by atoms with E-state index in [1.165, 1.54) is 0 Å². The smallest absolute Gasteiger partial charge is 0.234 e. The highest BCUT2D eigenvalue weighted by Crippen LogP contribution is 2.28. The molecular weight excluding hydrogens is 348 g/mol. The van der Waals surface area contributed by atoms with Crippen molar-refractivity contribution in [3.05, 3.63) is 48.0 Å². The highest BCUT2D eigenvalue weighted by molar-refractivity contribution is 5.77. The summed E-state index contributed by atoms with van der Waals surface area (Å²) in [6.07, 6.45) is -0.166. The first kappa shape index (κ1) is 19.9. The Kier molecular flexibility index (Phi) is 7.79. The first-order chi connectivity index (χ1) is 13.2. The second-order valence-corrected chi connectivity index (χ2v) is 5.47. The summed E-state index contributed by atoms with van der Waals surface area (Å²) in [7, 11) is 3.16. The summed E-state index contributed by atoms with van der Waals surface area (Å²) in [5, 5.41) is 11.2. The van der Waals surface area contributed by atoms with Crippen molar-refractivity contribution in [3.8, 4) is 29.1 Å². The number of benzene rings is 2. The molecule has 27 heavy (non-hydrogen) atoms. The quantitative estimate of drug-likeness (QED) is 0.647. The lowest BCUT2D eigenvalue weighted by Gasteiger charge is -2.13. The number of hydrogen-bond acceptors (Lipinski definition) is 6. The van der Waals surface area contributed by atoms with Crippen LogP contribution in [0.3, 0.4) is 0 Å². The minimum absolute atomic E-state index is 0.166. The van der Waals surface area contributed by atoms with Crippen LogP contribution in [0.4, 0.5) is 0 Å². The molecule has 0 heterocycles. The summed E-state index contributed by atoms with van der Waals surface area (Å²) in [4.78, 5) is 11.4. The molecule has 1 amide bonds. The molecule has 0 aromatic heterocycles. The molecule has 0 fully saturated rings. The number of nitrogens with zero attached hydrogens (tertiary/aromatic N) is 1. The lowest BCUT2D eigenvalue weighted by atomic mass is 10.2. The average molecular weight is 370 g/mol. The molecule has 0 atom stereocenters. The lowest BCUT2D eigenvalue weighted by molar-refractivity contribution is -0.120. The van der Waals surface area contributed by atoms with Gasteiger partial charge in [0, 0.05) is 12.6 Å². The van der Waals surface area contributed by atoms with E-state index in [1.807, 2.05) is 30.3 Å². The van der Waals surface area contributed by atoms with Crippen LogP contribution in [0.25, 0.3) is 0 Å². The first-order valence-electron chi connectivity index (χ1n) is 8.36. The average Bonchev–Trinajstić information content (AvgIpc) is 2.70. The molecule has 0 bridgehead atoms. The van der Waals surface area contributed by atoms with E-state index in [4.69, 9.17) is 24.2 Å². The molecule has 0 aliphatic heterocycles. The number of nitriles is 1. The second-order valence-electron chi connectivity index (χ2n) is 5.47. The van der Waals surface area contributed by atoms with Crippen molar-refractivity contribution in [1.82, 2.24) is 5.32 Å². The van der Waals surface area contributed by atoms with Crippen LogP contribution >= 0.6 is 0 Å². The molecule has 2 aromatic carbocycles. The normalized spacial score (nSPS) is 9.81. The fraction of sp³-hybridized carbons (Fsp3) is 0.300. The van der Waals surface area contributed by atoms with Crippen LogP contribution in [0.5, 0.6) is 23.0 Å². The topological polar surface area (TPSA) is 89.8 Å². The minimum Gasteiger partial charge on any atom is -0.497 e. The largest absolute Gasteiger partial charge is 0.497 e. The van der Waals surface area contributed by atoms with Gasteiger partial charge in [0.2, 0.25) is 5.91 Å². The summed E-state index contributed by atoms with van der Waals surface area (Å²) >= 11 is 0. The standard InChI is InChI=1S/C20H22N2O5/c1-24-16-4-3-5-17(13-16)26-10-11-27-19-12-15(6-7-18(19)25-2)14-22-20(23)8-9-21/h3-7,12-13H,8,10-11,14H2,1-2H3,(H,22,23). The Labute approximate surface area is 158 Å². The molecular formula is C20H22N2O5.